The van der Waals surface area contributed by atoms with E-state index >= 15 is 0 Å². The van der Waals surface area contributed by atoms with Crippen LogP contribution in [-0.4, -0.2) is 11.8 Å². The van der Waals surface area contributed by atoms with Gasteiger partial charge in [0.15, 0.2) is 0 Å². The number of rotatable bonds is 1. The third kappa shape index (κ3) is 1.98. The van der Waals surface area contributed by atoms with Crippen molar-refractivity contribution in [2.24, 2.45) is 11.8 Å². The highest BCUT2D eigenvalue weighted by atomic mass is 79.9. The molecule has 0 spiro atoms. The van der Waals surface area contributed by atoms with Crippen LogP contribution in [0.4, 0.5) is 5.69 Å². The maximum Gasteiger partial charge on any atom is 0.240 e. The molecule has 2 atom stereocenters. The molecule has 1 saturated heterocycles. The Morgan fingerprint density at radius 2 is 1.13 bits per heavy atom. The SMILES string of the molecule is O=C1[C@@H]2[C@H](C(=O)N1c1cccc(Br)c1)C1(Cl)c3ccccc3C2(Cl)c2ccccc21. The average molecular weight is 499 g/mol. The van der Waals surface area contributed by atoms with Crippen LogP contribution in [0.2, 0.25) is 0 Å². The summed E-state index contributed by atoms with van der Waals surface area (Å²) in [7, 11) is 0. The molecule has 0 aromatic heterocycles. The lowest BCUT2D eigenvalue weighted by Crippen LogP contribution is -2.57. The van der Waals surface area contributed by atoms with Crippen molar-refractivity contribution in [2.45, 2.75) is 9.75 Å². The van der Waals surface area contributed by atoms with Crippen LogP contribution in [0.15, 0.2) is 77.3 Å². The summed E-state index contributed by atoms with van der Waals surface area (Å²) in [4.78, 5) is 26.5. The van der Waals surface area contributed by atoms with E-state index in [0.29, 0.717) is 5.69 Å². The number of carbonyl (C=O) groups excluding carboxylic acids is 2. The van der Waals surface area contributed by atoms with Gasteiger partial charge in [0.1, 0.15) is 9.75 Å². The van der Waals surface area contributed by atoms with E-state index in [2.05, 4.69) is 15.9 Å². The van der Waals surface area contributed by atoms with Crippen molar-refractivity contribution in [3.63, 3.8) is 0 Å². The van der Waals surface area contributed by atoms with Crippen molar-refractivity contribution in [2.75, 3.05) is 4.90 Å². The first kappa shape index (κ1) is 18.6. The topological polar surface area (TPSA) is 37.4 Å². The summed E-state index contributed by atoms with van der Waals surface area (Å²) in [6, 6.07) is 22.4. The van der Waals surface area contributed by atoms with Gasteiger partial charge in [0, 0.05) is 4.47 Å². The summed E-state index contributed by atoms with van der Waals surface area (Å²) in [6.45, 7) is 0. The molecule has 30 heavy (non-hydrogen) atoms. The first-order chi connectivity index (χ1) is 14.4. The number of carbonyl (C=O) groups is 2. The summed E-state index contributed by atoms with van der Waals surface area (Å²) in [5.74, 6) is -2.19. The summed E-state index contributed by atoms with van der Waals surface area (Å²) < 4.78 is 0.784. The van der Waals surface area contributed by atoms with Gasteiger partial charge in [-0.15, -0.1) is 23.2 Å². The molecule has 6 heteroatoms. The minimum Gasteiger partial charge on any atom is -0.274 e. The van der Waals surface area contributed by atoms with Crippen molar-refractivity contribution in [1.82, 2.24) is 0 Å². The Bertz CT molecular complexity index is 1150. The zero-order chi connectivity index (χ0) is 20.8. The number of hydrogen-bond acceptors (Lipinski definition) is 2. The van der Waals surface area contributed by atoms with Crippen LogP contribution in [0.3, 0.4) is 0 Å². The quantitative estimate of drug-likeness (QED) is 0.326. The van der Waals surface area contributed by atoms with Gasteiger partial charge in [-0.3, -0.25) is 9.59 Å². The van der Waals surface area contributed by atoms with Crippen LogP contribution in [-0.2, 0) is 19.3 Å². The Hall–Kier alpha value is -2.14. The van der Waals surface area contributed by atoms with E-state index < -0.39 is 21.6 Å². The maximum atomic E-state index is 13.8. The van der Waals surface area contributed by atoms with Crippen molar-refractivity contribution in [3.8, 4) is 0 Å². The number of imide groups is 1. The number of anilines is 1. The molecule has 148 valence electrons. The van der Waals surface area contributed by atoms with Gasteiger partial charge in [-0.2, -0.15) is 0 Å². The second kappa shape index (κ2) is 5.97. The summed E-state index contributed by atoms with van der Waals surface area (Å²) in [5, 5.41) is 0. The molecule has 3 nitrogen and oxygen atoms in total. The molecule has 7 rings (SSSR count). The molecular weight excluding hydrogens is 485 g/mol. The van der Waals surface area contributed by atoms with Gasteiger partial charge in [-0.05, 0) is 40.5 Å². The normalized spacial score (nSPS) is 30.8. The Kier molecular flexibility index (Phi) is 3.70. The summed E-state index contributed by atoms with van der Waals surface area (Å²) in [5.41, 5.74) is 3.73. The standard InChI is InChI=1S/C24H14BrCl2NO2/c25-13-6-5-7-14(12-13)28-21(29)19-20(22(28)30)24(27)16-9-2-1-8-15(16)23(19,26)17-10-3-4-11-18(17)24/h1-12,19-20H/t19-,20+,23?,24?. The highest BCUT2D eigenvalue weighted by molar-refractivity contribution is 9.10. The van der Waals surface area contributed by atoms with Crippen molar-refractivity contribution >= 4 is 56.6 Å². The third-order valence-corrected chi connectivity index (χ3v) is 8.43. The first-order valence-corrected chi connectivity index (χ1v) is 11.2. The molecule has 3 aromatic carbocycles. The molecule has 1 fully saturated rings. The predicted molar refractivity (Wildman–Crippen MR) is 120 cm³/mol. The molecule has 0 radical (unpaired) electrons. The number of hydrogen-bond donors (Lipinski definition) is 0. The van der Waals surface area contributed by atoms with Gasteiger partial charge in [-0.25, -0.2) is 4.90 Å². The average Bonchev–Trinajstić information content (AvgIpc) is 3.03. The van der Waals surface area contributed by atoms with E-state index in [-0.39, 0.29) is 11.8 Å². The monoisotopic (exact) mass is 497 g/mol. The smallest absolute Gasteiger partial charge is 0.240 e. The van der Waals surface area contributed by atoms with Crippen LogP contribution in [0.1, 0.15) is 22.3 Å². The van der Waals surface area contributed by atoms with Gasteiger partial charge >= 0.3 is 0 Å². The Balaban J connectivity index is 1.67. The van der Waals surface area contributed by atoms with E-state index in [1.807, 2.05) is 54.6 Å². The molecular formula is C24H14BrCl2NO2. The van der Waals surface area contributed by atoms with Crippen LogP contribution in [0, 0.1) is 11.8 Å². The minimum atomic E-state index is -1.15. The second-order valence-corrected chi connectivity index (χ2v) is 10.1. The lowest BCUT2D eigenvalue weighted by molar-refractivity contribution is -0.122. The van der Waals surface area contributed by atoms with Crippen LogP contribution in [0.25, 0.3) is 0 Å². The van der Waals surface area contributed by atoms with Crippen LogP contribution >= 0.6 is 39.1 Å². The van der Waals surface area contributed by atoms with Gasteiger partial charge in [0.05, 0.1) is 17.5 Å². The Morgan fingerprint density at radius 1 is 0.700 bits per heavy atom. The minimum absolute atomic E-state index is 0.313. The first-order valence-electron chi connectivity index (χ1n) is 9.61. The van der Waals surface area contributed by atoms with E-state index in [0.717, 1.165) is 26.7 Å². The van der Waals surface area contributed by atoms with E-state index in [9.17, 15) is 9.59 Å². The highest BCUT2D eigenvalue weighted by Gasteiger charge is 2.73. The van der Waals surface area contributed by atoms with E-state index in [1.54, 1.807) is 18.2 Å². The number of amides is 2. The number of nitrogens with zero attached hydrogens (tertiary/aromatic N) is 1. The van der Waals surface area contributed by atoms with E-state index in [1.165, 1.54) is 4.90 Å². The van der Waals surface area contributed by atoms with Gasteiger partial charge in [0.2, 0.25) is 11.8 Å². The zero-order valence-electron chi connectivity index (χ0n) is 15.5. The molecule has 3 aromatic rings. The van der Waals surface area contributed by atoms with Gasteiger partial charge in [-0.1, -0.05) is 70.5 Å². The number of benzene rings is 3. The molecule has 1 heterocycles. The van der Waals surface area contributed by atoms with Crippen molar-refractivity contribution in [3.05, 3.63) is 99.5 Å². The van der Waals surface area contributed by atoms with Gasteiger partial charge in [0.25, 0.3) is 0 Å². The summed E-state index contributed by atoms with van der Waals surface area (Å²) in [6.07, 6.45) is 0. The summed E-state index contributed by atoms with van der Waals surface area (Å²) >= 11 is 18.2. The zero-order valence-corrected chi connectivity index (χ0v) is 18.6. The van der Waals surface area contributed by atoms with E-state index in [4.69, 9.17) is 23.2 Å². The predicted octanol–water partition coefficient (Wildman–Crippen LogP) is 5.55. The molecule has 0 N–H and O–H groups in total. The maximum absolute atomic E-state index is 13.8. The van der Waals surface area contributed by atoms with Crippen molar-refractivity contribution in [1.29, 1.82) is 0 Å². The Morgan fingerprint density at radius 3 is 1.53 bits per heavy atom. The molecule has 0 saturated carbocycles. The van der Waals surface area contributed by atoms with Crippen LogP contribution < -0.4 is 4.90 Å². The third-order valence-electron chi connectivity index (χ3n) is 6.65. The molecule has 0 unspecified atom stereocenters. The Labute approximate surface area is 191 Å². The number of alkyl halides is 2. The lowest BCUT2D eigenvalue weighted by atomic mass is 9.54. The fourth-order valence-corrected chi connectivity index (χ4v) is 7.02. The molecule has 2 amide bonds. The fraction of sp³-hybridized carbons (Fsp3) is 0.167. The highest BCUT2D eigenvalue weighted by Crippen LogP contribution is 2.69. The second-order valence-electron chi connectivity index (χ2n) is 7.96. The molecule has 3 aliphatic carbocycles. The largest absolute Gasteiger partial charge is 0.274 e. The molecule has 4 aliphatic rings. The molecule has 1 aliphatic heterocycles. The fourth-order valence-electron chi connectivity index (χ4n) is 5.54. The van der Waals surface area contributed by atoms with Crippen molar-refractivity contribution < 1.29 is 9.59 Å². The van der Waals surface area contributed by atoms with Crippen LogP contribution in [0.5, 0.6) is 0 Å². The molecule has 2 bridgehead atoms. The number of halogens is 3. The van der Waals surface area contributed by atoms with Gasteiger partial charge < -0.3 is 0 Å². The lowest BCUT2D eigenvalue weighted by Gasteiger charge is -2.54.